The Kier molecular flexibility index (Phi) is 11.8. The molecule has 28 heavy (non-hydrogen) atoms. The molecule has 0 aliphatic carbocycles. The van der Waals surface area contributed by atoms with Gasteiger partial charge in [0.25, 0.3) is 5.91 Å². The van der Waals surface area contributed by atoms with Crippen LogP contribution in [0.5, 0.6) is 0 Å². The first kappa shape index (κ1) is 23.2. The van der Waals surface area contributed by atoms with Crippen LogP contribution in [0.15, 0.2) is 36.0 Å². The van der Waals surface area contributed by atoms with E-state index in [4.69, 9.17) is 14.7 Å². The Morgan fingerprint density at radius 3 is 2.50 bits per heavy atom. The lowest BCUT2D eigenvalue weighted by molar-refractivity contribution is -0.117. The van der Waals surface area contributed by atoms with Crippen molar-refractivity contribution >= 4 is 11.9 Å². The van der Waals surface area contributed by atoms with Crippen molar-refractivity contribution in [1.29, 1.82) is 5.26 Å². The molecule has 7 nitrogen and oxygen atoms in total. The predicted molar refractivity (Wildman–Crippen MR) is 106 cm³/mol. The number of esters is 1. The van der Waals surface area contributed by atoms with Crippen LogP contribution < -0.4 is 10.6 Å². The summed E-state index contributed by atoms with van der Waals surface area (Å²) < 4.78 is 10.4. The summed E-state index contributed by atoms with van der Waals surface area (Å²) in [4.78, 5) is 23.6. The maximum absolute atomic E-state index is 12.0. The van der Waals surface area contributed by atoms with Crippen LogP contribution in [-0.2, 0) is 20.8 Å². The standard InChI is InChI=1S/C21H29N3O4/c1-3-5-12-27-13-6-11-24-20(25)19(14-22)16-23-15-17-7-9-18(10-8-17)21(26)28-4-2/h7-10,16,23H,3-6,11-13,15H2,1-2H3,(H,24,25)/b19-16-. The number of carbonyl (C=O) groups excluding carboxylic acids is 2. The molecule has 0 atom stereocenters. The maximum atomic E-state index is 12.0. The van der Waals surface area contributed by atoms with Gasteiger partial charge in [-0.05, 0) is 37.5 Å². The number of nitriles is 1. The molecule has 0 unspecified atom stereocenters. The quantitative estimate of drug-likeness (QED) is 0.234. The highest BCUT2D eigenvalue weighted by atomic mass is 16.5. The number of hydrogen-bond acceptors (Lipinski definition) is 6. The molecule has 1 aromatic carbocycles. The van der Waals surface area contributed by atoms with Crippen molar-refractivity contribution in [3.05, 3.63) is 47.2 Å². The molecule has 0 spiro atoms. The third-order valence-corrected chi connectivity index (χ3v) is 3.78. The zero-order valence-corrected chi connectivity index (χ0v) is 16.6. The highest BCUT2D eigenvalue weighted by Crippen LogP contribution is 2.06. The van der Waals surface area contributed by atoms with E-state index in [1.807, 2.05) is 6.07 Å². The van der Waals surface area contributed by atoms with E-state index >= 15 is 0 Å². The molecule has 0 aliphatic heterocycles. The van der Waals surface area contributed by atoms with E-state index in [0.717, 1.165) is 25.0 Å². The maximum Gasteiger partial charge on any atom is 0.338 e. The molecule has 0 aliphatic rings. The van der Waals surface area contributed by atoms with Gasteiger partial charge in [0.15, 0.2) is 0 Å². The molecular weight excluding hydrogens is 358 g/mol. The third kappa shape index (κ3) is 9.19. The Hall–Kier alpha value is -2.85. The number of nitrogens with zero attached hydrogens (tertiary/aromatic N) is 1. The number of nitrogens with one attached hydrogen (secondary N) is 2. The summed E-state index contributed by atoms with van der Waals surface area (Å²) in [5.74, 6) is -0.776. The summed E-state index contributed by atoms with van der Waals surface area (Å²) in [6, 6.07) is 8.83. The number of carbonyl (C=O) groups is 2. The van der Waals surface area contributed by atoms with Crippen LogP contribution in [-0.4, -0.2) is 38.2 Å². The molecule has 0 fully saturated rings. The fourth-order valence-corrected chi connectivity index (χ4v) is 2.21. The highest BCUT2D eigenvalue weighted by Gasteiger charge is 2.08. The van der Waals surface area contributed by atoms with E-state index < -0.39 is 5.91 Å². The zero-order valence-electron chi connectivity index (χ0n) is 16.6. The summed E-state index contributed by atoms with van der Waals surface area (Å²) in [6.45, 7) is 6.40. The molecule has 0 radical (unpaired) electrons. The van der Waals surface area contributed by atoms with Gasteiger partial charge in [-0.15, -0.1) is 0 Å². The van der Waals surface area contributed by atoms with Crippen molar-refractivity contribution in [3.8, 4) is 6.07 Å². The van der Waals surface area contributed by atoms with Crippen LogP contribution in [0.3, 0.4) is 0 Å². The van der Waals surface area contributed by atoms with Gasteiger partial charge in [0.1, 0.15) is 11.6 Å². The van der Waals surface area contributed by atoms with Gasteiger partial charge < -0.3 is 20.1 Å². The molecule has 2 N–H and O–H groups in total. The SMILES string of the molecule is CCCCOCCCNC(=O)/C(C#N)=C\NCc1ccc(C(=O)OCC)cc1. The summed E-state index contributed by atoms with van der Waals surface area (Å²) in [7, 11) is 0. The number of rotatable bonds is 13. The van der Waals surface area contributed by atoms with E-state index in [-0.39, 0.29) is 11.5 Å². The van der Waals surface area contributed by atoms with Crippen molar-refractivity contribution in [2.24, 2.45) is 0 Å². The molecule has 0 bridgehead atoms. The fourth-order valence-electron chi connectivity index (χ4n) is 2.21. The van der Waals surface area contributed by atoms with E-state index in [9.17, 15) is 9.59 Å². The number of unbranched alkanes of at least 4 members (excludes halogenated alkanes) is 1. The van der Waals surface area contributed by atoms with E-state index in [0.29, 0.717) is 38.3 Å². The monoisotopic (exact) mass is 387 g/mol. The Labute approximate surface area is 166 Å². The second-order valence-electron chi connectivity index (χ2n) is 6.04. The first-order valence-corrected chi connectivity index (χ1v) is 9.58. The Balaban J connectivity index is 2.37. The Morgan fingerprint density at radius 1 is 1.14 bits per heavy atom. The minimum absolute atomic E-state index is 0.00930. The van der Waals surface area contributed by atoms with Crippen LogP contribution in [0.1, 0.15) is 49.0 Å². The van der Waals surface area contributed by atoms with Crippen molar-refractivity contribution < 1.29 is 19.1 Å². The first-order chi connectivity index (χ1) is 13.6. The lowest BCUT2D eigenvalue weighted by Crippen LogP contribution is -2.27. The van der Waals surface area contributed by atoms with Gasteiger partial charge in [-0.3, -0.25) is 4.79 Å². The molecule has 0 heterocycles. The summed E-state index contributed by atoms with van der Waals surface area (Å²) >= 11 is 0. The molecular formula is C21H29N3O4. The van der Waals surface area contributed by atoms with Crippen LogP contribution in [0.25, 0.3) is 0 Å². The van der Waals surface area contributed by atoms with Gasteiger partial charge in [0.05, 0.1) is 12.2 Å². The van der Waals surface area contributed by atoms with Gasteiger partial charge >= 0.3 is 5.97 Å². The first-order valence-electron chi connectivity index (χ1n) is 9.58. The van der Waals surface area contributed by atoms with Crippen LogP contribution in [0, 0.1) is 11.3 Å². The van der Waals surface area contributed by atoms with Crippen molar-refractivity contribution in [1.82, 2.24) is 10.6 Å². The van der Waals surface area contributed by atoms with Gasteiger partial charge in [-0.1, -0.05) is 25.5 Å². The Morgan fingerprint density at radius 2 is 1.86 bits per heavy atom. The van der Waals surface area contributed by atoms with Gasteiger partial charge in [0.2, 0.25) is 0 Å². The average molecular weight is 387 g/mol. The van der Waals surface area contributed by atoms with Gasteiger partial charge in [-0.25, -0.2) is 4.79 Å². The summed E-state index contributed by atoms with van der Waals surface area (Å²) in [6.07, 6.45) is 4.22. The normalized spacial score (nSPS) is 10.8. The van der Waals surface area contributed by atoms with Crippen LogP contribution >= 0.6 is 0 Å². The predicted octanol–water partition coefficient (Wildman–Crippen LogP) is 2.68. The van der Waals surface area contributed by atoms with Gasteiger partial charge in [-0.2, -0.15) is 5.26 Å². The molecule has 1 rings (SSSR count). The lowest BCUT2D eigenvalue weighted by atomic mass is 10.1. The summed E-state index contributed by atoms with van der Waals surface area (Å²) in [5.41, 5.74) is 1.40. The molecule has 1 aromatic rings. The van der Waals surface area contributed by atoms with E-state index in [2.05, 4.69) is 17.6 Å². The third-order valence-electron chi connectivity index (χ3n) is 3.78. The number of amides is 1. The van der Waals surface area contributed by atoms with Crippen molar-refractivity contribution in [2.75, 3.05) is 26.4 Å². The Bertz CT molecular complexity index is 678. The number of benzene rings is 1. The minimum Gasteiger partial charge on any atom is -0.462 e. The molecule has 0 saturated heterocycles. The molecule has 1 amide bonds. The largest absolute Gasteiger partial charge is 0.462 e. The van der Waals surface area contributed by atoms with E-state index in [1.54, 1.807) is 31.2 Å². The molecule has 0 aromatic heterocycles. The van der Waals surface area contributed by atoms with Crippen molar-refractivity contribution in [3.63, 3.8) is 0 Å². The average Bonchev–Trinajstić information content (AvgIpc) is 2.71. The lowest BCUT2D eigenvalue weighted by Gasteiger charge is -2.07. The second kappa shape index (κ2) is 14.2. The van der Waals surface area contributed by atoms with Crippen molar-refractivity contribution in [2.45, 2.75) is 39.7 Å². The topological polar surface area (TPSA) is 100 Å². The summed E-state index contributed by atoms with van der Waals surface area (Å²) in [5, 5.41) is 14.8. The zero-order chi connectivity index (χ0) is 20.6. The smallest absolute Gasteiger partial charge is 0.338 e. The highest BCUT2D eigenvalue weighted by molar-refractivity contribution is 5.97. The van der Waals surface area contributed by atoms with Gasteiger partial charge in [0, 0.05) is 32.5 Å². The number of hydrogen-bond donors (Lipinski definition) is 2. The second-order valence-corrected chi connectivity index (χ2v) is 6.04. The fraction of sp³-hybridized carbons (Fsp3) is 0.476. The molecule has 0 saturated carbocycles. The number of ether oxygens (including phenoxy) is 2. The van der Waals surface area contributed by atoms with E-state index in [1.165, 1.54) is 6.20 Å². The molecule has 152 valence electrons. The van der Waals surface area contributed by atoms with Crippen LogP contribution in [0.4, 0.5) is 0 Å². The molecule has 7 heteroatoms. The van der Waals surface area contributed by atoms with Crippen LogP contribution in [0.2, 0.25) is 0 Å². The minimum atomic E-state index is -0.416.